The van der Waals surface area contributed by atoms with Crippen molar-refractivity contribution in [3.63, 3.8) is 0 Å². The van der Waals surface area contributed by atoms with E-state index >= 15 is 0 Å². The highest BCUT2D eigenvalue weighted by Crippen LogP contribution is 2.35. The molecule has 2 aromatic rings. The standard InChI is InChI=1S/C14H16N4O2/c1-17-9-15-16-13(17)8-18-7-6-11(14(19)20)10-4-2-3-5-12(10)18/h2-5,9,11H,6-8H2,1H3,(H,19,20). The van der Waals surface area contributed by atoms with Crippen LogP contribution in [0.15, 0.2) is 30.6 Å². The molecule has 2 heterocycles. The maximum atomic E-state index is 11.3. The van der Waals surface area contributed by atoms with Gasteiger partial charge in [0, 0.05) is 19.3 Å². The number of anilines is 1. The number of hydrogen-bond donors (Lipinski definition) is 1. The molecule has 20 heavy (non-hydrogen) atoms. The minimum atomic E-state index is -0.754. The first-order valence-corrected chi connectivity index (χ1v) is 6.56. The second-order valence-electron chi connectivity index (χ2n) is 5.02. The molecule has 0 radical (unpaired) electrons. The summed E-state index contributed by atoms with van der Waals surface area (Å²) in [7, 11) is 1.91. The summed E-state index contributed by atoms with van der Waals surface area (Å²) in [5.41, 5.74) is 1.86. The molecule has 1 aliphatic rings. The first-order chi connectivity index (χ1) is 9.66. The van der Waals surface area contributed by atoms with E-state index in [0.717, 1.165) is 17.1 Å². The van der Waals surface area contributed by atoms with Crippen molar-refractivity contribution in [3.05, 3.63) is 42.0 Å². The Kier molecular flexibility index (Phi) is 3.14. The lowest BCUT2D eigenvalue weighted by molar-refractivity contribution is -0.139. The Morgan fingerprint density at radius 1 is 1.45 bits per heavy atom. The predicted molar refractivity (Wildman–Crippen MR) is 73.5 cm³/mol. The van der Waals surface area contributed by atoms with Crippen molar-refractivity contribution in [2.45, 2.75) is 18.9 Å². The molecule has 0 spiro atoms. The fourth-order valence-corrected chi connectivity index (χ4v) is 2.67. The van der Waals surface area contributed by atoms with Crippen LogP contribution in [-0.2, 0) is 18.4 Å². The van der Waals surface area contributed by atoms with E-state index in [2.05, 4.69) is 15.1 Å². The van der Waals surface area contributed by atoms with Gasteiger partial charge in [0.1, 0.15) is 6.33 Å². The van der Waals surface area contributed by atoms with Crippen molar-refractivity contribution in [1.29, 1.82) is 0 Å². The third-order valence-electron chi connectivity index (χ3n) is 3.78. The van der Waals surface area contributed by atoms with Gasteiger partial charge in [0.25, 0.3) is 0 Å². The number of aryl methyl sites for hydroxylation is 1. The lowest BCUT2D eigenvalue weighted by Gasteiger charge is -2.33. The molecule has 0 aliphatic carbocycles. The van der Waals surface area contributed by atoms with Gasteiger partial charge in [-0.2, -0.15) is 0 Å². The molecule has 0 bridgehead atoms. The number of nitrogens with zero attached hydrogens (tertiary/aromatic N) is 4. The highest BCUT2D eigenvalue weighted by Gasteiger charge is 2.29. The van der Waals surface area contributed by atoms with Gasteiger partial charge in [-0.15, -0.1) is 10.2 Å². The average Bonchev–Trinajstić information content (AvgIpc) is 2.84. The molecule has 1 aromatic carbocycles. The molecule has 1 N–H and O–H groups in total. The summed E-state index contributed by atoms with van der Waals surface area (Å²) in [6, 6.07) is 7.70. The minimum absolute atomic E-state index is 0.415. The van der Waals surface area contributed by atoms with Crippen molar-refractivity contribution >= 4 is 11.7 Å². The van der Waals surface area contributed by atoms with Gasteiger partial charge in [0.15, 0.2) is 5.82 Å². The molecule has 0 saturated carbocycles. The molecule has 0 saturated heterocycles. The zero-order chi connectivity index (χ0) is 14.1. The number of carbonyl (C=O) groups is 1. The number of benzene rings is 1. The molecule has 6 heteroatoms. The lowest BCUT2D eigenvalue weighted by atomic mass is 9.90. The van der Waals surface area contributed by atoms with Crippen LogP contribution in [0.1, 0.15) is 23.7 Å². The second-order valence-corrected chi connectivity index (χ2v) is 5.02. The molecular weight excluding hydrogens is 256 g/mol. The van der Waals surface area contributed by atoms with Crippen LogP contribution in [0.2, 0.25) is 0 Å². The second kappa shape index (κ2) is 4.96. The summed E-state index contributed by atoms with van der Waals surface area (Å²) in [6.07, 6.45) is 2.29. The fourth-order valence-electron chi connectivity index (χ4n) is 2.67. The van der Waals surface area contributed by atoms with E-state index in [1.165, 1.54) is 0 Å². The molecule has 3 rings (SSSR count). The largest absolute Gasteiger partial charge is 0.481 e. The Labute approximate surface area is 116 Å². The molecule has 6 nitrogen and oxygen atoms in total. The number of hydrogen-bond acceptors (Lipinski definition) is 4. The summed E-state index contributed by atoms with van der Waals surface area (Å²) < 4.78 is 1.88. The number of para-hydroxylation sites is 1. The Morgan fingerprint density at radius 2 is 2.25 bits per heavy atom. The van der Waals surface area contributed by atoms with Gasteiger partial charge in [0.05, 0.1) is 12.5 Å². The Morgan fingerprint density at radius 3 is 2.95 bits per heavy atom. The summed E-state index contributed by atoms with van der Waals surface area (Å²) in [6.45, 7) is 1.35. The van der Waals surface area contributed by atoms with Crippen LogP contribution < -0.4 is 4.90 Å². The number of rotatable bonds is 3. The van der Waals surface area contributed by atoms with Gasteiger partial charge in [-0.1, -0.05) is 18.2 Å². The Bertz CT molecular complexity index is 638. The van der Waals surface area contributed by atoms with E-state index in [0.29, 0.717) is 19.5 Å². The number of carboxylic acids is 1. The lowest BCUT2D eigenvalue weighted by Crippen LogP contribution is -2.33. The molecule has 0 amide bonds. The van der Waals surface area contributed by atoms with E-state index in [1.807, 2.05) is 35.9 Å². The van der Waals surface area contributed by atoms with E-state index in [9.17, 15) is 9.90 Å². The smallest absolute Gasteiger partial charge is 0.311 e. The van der Waals surface area contributed by atoms with Gasteiger partial charge in [-0.05, 0) is 18.1 Å². The number of aliphatic carboxylic acids is 1. The monoisotopic (exact) mass is 272 g/mol. The van der Waals surface area contributed by atoms with E-state index < -0.39 is 11.9 Å². The quantitative estimate of drug-likeness (QED) is 0.914. The number of fused-ring (bicyclic) bond motifs is 1. The van der Waals surface area contributed by atoms with Gasteiger partial charge >= 0.3 is 5.97 Å². The Balaban J connectivity index is 1.93. The maximum Gasteiger partial charge on any atom is 0.311 e. The molecule has 1 atom stereocenters. The van der Waals surface area contributed by atoms with Crippen molar-refractivity contribution in [2.75, 3.05) is 11.4 Å². The van der Waals surface area contributed by atoms with Crippen molar-refractivity contribution in [2.24, 2.45) is 7.05 Å². The van der Waals surface area contributed by atoms with Crippen molar-refractivity contribution in [1.82, 2.24) is 14.8 Å². The van der Waals surface area contributed by atoms with E-state index in [1.54, 1.807) is 6.33 Å². The van der Waals surface area contributed by atoms with Crippen molar-refractivity contribution < 1.29 is 9.90 Å². The maximum absolute atomic E-state index is 11.3. The van der Waals surface area contributed by atoms with Crippen LogP contribution in [0.25, 0.3) is 0 Å². The van der Waals surface area contributed by atoms with Crippen LogP contribution in [0.3, 0.4) is 0 Å². The SMILES string of the molecule is Cn1cnnc1CN1CCC(C(=O)O)c2ccccc21. The van der Waals surface area contributed by atoms with Gasteiger partial charge < -0.3 is 14.6 Å². The fraction of sp³-hybridized carbons (Fsp3) is 0.357. The topological polar surface area (TPSA) is 71.2 Å². The molecule has 104 valence electrons. The third kappa shape index (κ3) is 2.13. The zero-order valence-electron chi connectivity index (χ0n) is 11.2. The number of aromatic nitrogens is 3. The Hall–Kier alpha value is -2.37. The third-order valence-corrected chi connectivity index (χ3v) is 3.78. The predicted octanol–water partition coefficient (Wildman–Crippen LogP) is 1.39. The van der Waals surface area contributed by atoms with Crippen LogP contribution in [0.5, 0.6) is 0 Å². The van der Waals surface area contributed by atoms with Crippen LogP contribution in [0.4, 0.5) is 5.69 Å². The van der Waals surface area contributed by atoms with E-state index in [-0.39, 0.29) is 0 Å². The van der Waals surface area contributed by atoms with Crippen LogP contribution in [0, 0.1) is 0 Å². The first kappa shape index (κ1) is 12.7. The summed E-state index contributed by atoms with van der Waals surface area (Å²) in [4.78, 5) is 13.5. The van der Waals surface area contributed by atoms with Gasteiger partial charge in [-0.3, -0.25) is 4.79 Å². The van der Waals surface area contributed by atoms with Crippen LogP contribution >= 0.6 is 0 Å². The molecule has 0 fully saturated rings. The minimum Gasteiger partial charge on any atom is -0.481 e. The average molecular weight is 272 g/mol. The van der Waals surface area contributed by atoms with Gasteiger partial charge in [0.2, 0.25) is 0 Å². The summed E-state index contributed by atoms with van der Waals surface area (Å²) in [5, 5.41) is 17.3. The number of carboxylic acid groups (broad SMARTS) is 1. The highest BCUT2D eigenvalue weighted by atomic mass is 16.4. The first-order valence-electron chi connectivity index (χ1n) is 6.56. The molecule has 1 unspecified atom stereocenters. The summed E-state index contributed by atoms with van der Waals surface area (Å²) in [5.74, 6) is -0.300. The molecule has 1 aliphatic heterocycles. The highest BCUT2D eigenvalue weighted by molar-refractivity contribution is 5.80. The summed E-state index contributed by atoms with van der Waals surface area (Å²) >= 11 is 0. The van der Waals surface area contributed by atoms with Crippen molar-refractivity contribution in [3.8, 4) is 0 Å². The zero-order valence-corrected chi connectivity index (χ0v) is 11.2. The molecule has 1 aromatic heterocycles. The van der Waals surface area contributed by atoms with E-state index in [4.69, 9.17) is 0 Å². The van der Waals surface area contributed by atoms with Crippen LogP contribution in [-0.4, -0.2) is 32.4 Å². The normalized spacial score (nSPS) is 17.9. The van der Waals surface area contributed by atoms with Gasteiger partial charge in [-0.25, -0.2) is 0 Å². The molecular formula is C14H16N4O2.